The summed E-state index contributed by atoms with van der Waals surface area (Å²) < 4.78 is 6.41. The quantitative estimate of drug-likeness (QED) is 0.364. The van der Waals surface area contributed by atoms with E-state index in [4.69, 9.17) is 4.74 Å². The number of fused-ring (bicyclic) bond motifs is 1. The van der Waals surface area contributed by atoms with Gasteiger partial charge in [-0.25, -0.2) is 4.79 Å². The van der Waals surface area contributed by atoms with E-state index in [0.29, 0.717) is 11.3 Å². The zero-order valence-electron chi connectivity index (χ0n) is 13.9. The van der Waals surface area contributed by atoms with Gasteiger partial charge in [-0.15, -0.1) is 10.2 Å². The summed E-state index contributed by atoms with van der Waals surface area (Å²) in [6, 6.07) is 20.1. The van der Waals surface area contributed by atoms with E-state index in [1.807, 2.05) is 37.3 Å². The van der Waals surface area contributed by atoms with Gasteiger partial charge in [0.05, 0.1) is 11.3 Å². The molecule has 0 aliphatic heterocycles. The average molecular weight is 408 g/mol. The average Bonchev–Trinajstić information content (AvgIpc) is 3.07. The minimum absolute atomic E-state index is 0.411. The second-order valence-corrected chi connectivity index (χ2v) is 6.74. The van der Waals surface area contributed by atoms with E-state index in [1.54, 1.807) is 41.2 Å². The van der Waals surface area contributed by atoms with Crippen molar-refractivity contribution < 1.29 is 9.53 Å². The van der Waals surface area contributed by atoms with Crippen LogP contribution in [0.2, 0.25) is 0 Å². The molecular formula is C20H14BrN3O2. The third-order valence-electron chi connectivity index (χ3n) is 3.97. The fourth-order valence-electron chi connectivity index (χ4n) is 2.59. The molecule has 0 fully saturated rings. The van der Waals surface area contributed by atoms with Crippen LogP contribution in [-0.2, 0) is 0 Å². The Kier molecular flexibility index (Phi) is 4.26. The largest absolute Gasteiger partial charge is 0.423 e. The standard InChI is InChI=1S/C20H14BrN3O2/c1-13-6-11-16(26-20(25)14-7-9-15(21)10-8-14)12-19(13)24-22-17-4-2-3-5-18(17)23-24/h2-12H,1H3. The van der Waals surface area contributed by atoms with E-state index >= 15 is 0 Å². The summed E-state index contributed by atoms with van der Waals surface area (Å²) in [6.45, 7) is 1.96. The molecule has 6 heteroatoms. The second kappa shape index (κ2) is 6.72. The highest BCUT2D eigenvalue weighted by molar-refractivity contribution is 9.10. The van der Waals surface area contributed by atoms with Gasteiger partial charge in [-0.1, -0.05) is 34.1 Å². The summed E-state index contributed by atoms with van der Waals surface area (Å²) in [5, 5.41) is 8.98. The number of esters is 1. The summed E-state index contributed by atoms with van der Waals surface area (Å²) >= 11 is 3.35. The number of rotatable bonds is 3. The molecule has 0 bridgehead atoms. The molecule has 0 atom stereocenters. The van der Waals surface area contributed by atoms with E-state index < -0.39 is 5.97 Å². The van der Waals surface area contributed by atoms with E-state index in [9.17, 15) is 4.79 Å². The fourth-order valence-corrected chi connectivity index (χ4v) is 2.85. The molecule has 0 unspecified atom stereocenters. The molecular weight excluding hydrogens is 394 g/mol. The van der Waals surface area contributed by atoms with Crippen LogP contribution in [0.1, 0.15) is 15.9 Å². The number of hydrogen-bond donors (Lipinski definition) is 0. The van der Waals surface area contributed by atoms with Crippen LogP contribution in [-0.4, -0.2) is 21.0 Å². The molecule has 0 aliphatic rings. The predicted molar refractivity (Wildman–Crippen MR) is 103 cm³/mol. The van der Waals surface area contributed by atoms with Crippen molar-refractivity contribution in [3.8, 4) is 11.4 Å². The number of ether oxygens (including phenoxy) is 1. The number of carbonyl (C=O) groups excluding carboxylic acids is 1. The highest BCUT2D eigenvalue weighted by atomic mass is 79.9. The molecule has 0 spiro atoms. The Hall–Kier alpha value is -2.99. The molecule has 1 aromatic heterocycles. The van der Waals surface area contributed by atoms with Crippen LogP contribution in [0, 0.1) is 6.92 Å². The Bertz CT molecular complexity index is 1070. The molecule has 5 nitrogen and oxygen atoms in total. The molecule has 4 aromatic rings. The number of benzene rings is 3. The first kappa shape index (κ1) is 16.5. The van der Waals surface area contributed by atoms with E-state index in [1.165, 1.54) is 0 Å². The van der Waals surface area contributed by atoms with Gasteiger partial charge in [0, 0.05) is 10.5 Å². The Morgan fingerprint density at radius 3 is 2.27 bits per heavy atom. The summed E-state index contributed by atoms with van der Waals surface area (Å²) in [6.07, 6.45) is 0. The van der Waals surface area contributed by atoms with Crippen molar-refractivity contribution in [1.29, 1.82) is 0 Å². The zero-order chi connectivity index (χ0) is 18.1. The highest BCUT2D eigenvalue weighted by Crippen LogP contribution is 2.22. The molecule has 0 N–H and O–H groups in total. The van der Waals surface area contributed by atoms with Gasteiger partial charge in [0.2, 0.25) is 0 Å². The van der Waals surface area contributed by atoms with Crippen LogP contribution in [0.3, 0.4) is 0 Å². The minimum atomic E-state index is -0.411. The van der Waals surface area contributed by atoms with Gasteiger partial charge < -0.3 is 4.74 Å². The normalized spacial score (nSPS) is 10.8. The molecule has 3 aromatic carbocycles. The van der Waals surface area contributed by atoms with Crippen LogP contribution < -0.4 is 4.74 Å². The third kappa shape index (κ3) is 3.23. The molecule has 26 heavy (non-hydrogen) atoms. The van der Waals surface area contributed by atoms with Gasteiger partial charge in [-0.05, 0) is 55.0 Å². The van der Waals surface area contributed by atoms with Crippen molar-refractivity contribution in [3.63, 3.8) is 0 Å². The van der Waals surface area contributed by atoms with Gasteiger partial charge in [0.1, 0.15) is 16.8 Å². The van der Waals surface area contributed by atoms with Crippen molar-refractivity contribution >= 4 is 32.9 Å². The predicted octanol–water partition coefficient (Wildman–Crippen LogP) is 4.71. The molecule has 1 heterocycles. The number of aromatic nitrogens is 3. The van der Waals surface area contributed by atoms with Crippen molar-refractivity contribution in [2.75, 3.05) is 0 Å². The van der Waals surface area contributed by atoms with Gasteiger partial charge >= 0.3 is 5.97 Å². The smallest absolute Gasteiger partial charge is 0.343 e. The van der Waals surface area contributed by atoms with Crippen molar-refractivity contribution in [2.45, 2.75) is 6.92 Å². The van der Waals surface area contributed by atoms with Crippen LogP contribution in [0.25, 0.3) is 16.7 Å². The summed E-state index contributed by atoms with van der Waals surface area (Å²) in [4.78, 5) is 13.9. The van der Waals surface area contributed by atoms with Gasteiger partial charge in [0.15, 0.2) is 0 Å². The second-order valence-electron chi connectivity index (χ2n) is 5.82. The SMILES string of the molecule is Cc1ccc(OC(=O)c2ccc(Br)cc2)cc1-n1nc2ccccc2n1. The Morgan fingerprint density at radius 2 is 1.62 bits per heavy atom. The molecule has 0 saturated carbocycles. The first-order chi connectivity index (χ1) is 12.6. The molecule has 4 rings (SSSR count). The van der Waals surface area contributed by atoms with Gasteiger partial charge in [-0.3, -0.25) is 0 Å². The number of nitrogens with zero attached hydrogens (tertiary/aromatic N) is 3. The fraction of sp³-hybridized carbons (Fsp3) is 0.0500. The maximum absolute atomic E-state index is 12.3. The highest BCUT2D eigenvalue weighted by Gasteiger charge is 2.12. The maximum atomic E-state index is 12.3. The van der Waals surface area contributed by atoms with Crippen molar-refractivity contribution in [1.82, 2.24) is 15.0 Å². The first-order valence-electron chi connectivity index (χ1n) is 8.01. The molecule has 0 amide bonds. The number of hydrogen-bond acceptors (Lipinski definition) is 4. The lowest BCUT2D eigenvalue weighted by atomic mass is 10.2. The third-order valence-corrected chi connectivity index (χ3v) is 4.50. The minimum Gasteiger partial charge on any atom is -0.423 e. The van der Waals surface area contributed by atoms with Crippen LogP contribution in [0.15, 0.2) is 71.2 Å². The monoisotopic (exact) mass is 407 g/mol. The molecule has 0 radical (unpaired) electrons. The molecule has 128 valence electrons. The summed E-state index contributed by atoms with van der Waals surface area (Å²) in [5.41, 5.74) is 3.85. The number of carbonyl (C=O) groups is 1. The molecule has 0 aliphatic carbocycles. The van der Waals surface area contributed by atoms with E-state index in [-0.39, 0.29) is 0 Å². The Balaban J connectivity index is 1.65. The van der Waals surface area contributed by atoms with Crippen molar-refractivity contribution in [3.05, 3.63) is 82.3 Å². The number of aryl methyl sites for hydroxylation is 1. The van der Waals surface area contributed by atoms with E-state index in [2.05, 4.69) is 26.1 Å². The maximum Gasteiger partial charge on any atom is 0.343 e. The van der Waals surface area contributed by atoms with Crippen molar-refractivity contribution in [2.24, 2.45) is 0 Å². The van der Waals surface area contributed by atoms with E-state index in [0.717, 1.165) is 26.8 Å². The summed E-state index contributed by atoms with van der Waals surface area (Å²) in [5.74, 6) is 0.0331. The lowest BCUT2D eigenvalue weighted by Crippen LogP contribution is -2.09. The Morgan fingerprint density at radius 1 is 0.962 bits per heavy atom. The lowest BCUT2D eigenvalue weighted by Gasteiger charge is -2.09. The van der Waals surface area contributed by atoms with Crippen LogP contribution in [0.4, 0.5) is 0 Å². The van der Waals surface area contributed by atoms with Crippen LogP contribution >= 0.6 is 15.9 Å². The lowest BCUT2D eigenvalue weighted by molar-refractivity contribution is 0.0734. The zero-order valence-corrected chi connectivity index (χ0v) is 15.5. The topological polar surface area (TPSA) is 57.0 Å². The van der Waals surface area contributed by atoms with Crippen LogP contribution in [0.5, 0.6) is 5.75 Å². The van der Waals surface area contributed by atoms with Gasteiger partial charge in [0.25, 0.3) is 0 Å². The molecule has 0 saturated heterocycles. The summed E-state index contributed by atoms with van der Waals surface area (Å²) in [7, 11) is 0. The first-order valence-corrected chi connectivity index (χ1v) is 8.80. The van der Waals surface area contributed by atoms with Gasteiger partial charge in [-0.2, -0.15) is 4.80 Å². The number of halogens is 1. The Labute approximate surface area is 158 Å².